The SMILES string of the molecule is O=C(CNc1ccc2ccccc2c1)NN=Cc1cc2c(cc1[N+](=O)[O-])OCO2. The Morgan fingerprint density at radius 2 is 1.86 bits per heavy atom. The van der Waals surface area contributed by atoms with E-state index in [2.05, 4.69) is 15.8 Å². The molecule has 29 heavy (non-hydrogen) atoms. The fraction of sp³-hybridized carbons (Fsp3) is 0.100. The van der Waals surface area contributed by atoms with Crippen LogP contribution in [0, 0.1) is 10.1 Å². The maximum absolute atomic E-state index is 12.0. The van der Waals surface area contributed by atoms with Gasteiger partial charge in [-0.05, 0) is 29.0 Å². The zero-order valence-corrected chi connectivity index (χ0v) is 15.1. The first-order chi connectivity index (χ1) is 14.1. The van der Waals surface area contributed by atoms with Crippen molar-refractivity contribution in [1.29, 1.82) is 0 Å². The van der Waals surface area contributed by atoms with Gasteiger partial charge in [0.05, 0.1) is 29.3 Å². The zero-order chi connectivity index (χ0) is 20.2. The van der Waals surface area contributed by atoms with E-state index in [9.17, 15) is 14.9 Å². The van der Waals surface area contributed by atoms with Gasteiger partial charge < -0.3 is 14.8 Å². The minimum atomic E-state index is -0.549. The zero-order valence-electron chi connectivity index (χ0n) is 15.1. The van der Waals surface area contributed by atoms with Gasteiger partial charge in [-0.25, -0.2) is 5.43 Å². The molecule has 0 fully saturated rings. The molecule has 0 radical (unpaired) electrons. The lowest BCUT2D eigenvalue weighted by Gasteiger charge is -2.06. The van der Waals surface area contributed by atoms with E-state index in [4.69, 9.17) is 9.47 Å². The first-order valence-corrected chi connectivity index (χ1v) is 8.73. The number of nitrogens with zero attached hydrogens (tertiary/aromatic N) is 2. The molecule has 146 valence electrons. The number of hydrogen-bond donors (Lipinski definition) is 2. The molecule has 1 aliphatic heterocycles. The van der Waals surface area contributed by atoms with Crippen molar-refractivity contribution < 1.29 is 19.2 Å². The summed E-state index contributed by atoms with van der Waals surface area (Å²) >= 11 is 0. The highest BCUT2D eigenvalue weighted by Crippen LogP contribution is 2.37. The van der Waals surface area contributed by atoms with E-state index in [0.29, 0.717) is 11.5 Å². The van der Waals surface area contributed by atoms with Crippen LogP contribution in [0.3, 0.4) is 0 Å². The van der Waals surface area contributed by atoms with Gasteiger partial charge in [0, 0.05) is 5.69 Å². The maximum atomic E-state index is 12.0. The van der Waals surface area contributed by atoms with Gasteiger partial charge in [0.1, 0.15) is 0 Å². The smallest absolute Gasteiger partial charge is 0.282 e. The molecule has 1 amide bonds. The number of amides is 1. The van der Waals surface area contributed by atoms with Crippen LogP contribution in [0.5, 0.6) is 11.5 Å². The molecule has 9 heteroatoms. The number of hydrazone groups is 1. The molecule has 0 unspecified atom stereocenters. The average Bonchev–Trinajstić information content (AvgIpc) is 3.19. The quantitative estimate of drug-likeness (QED) is 0.378. The molecule has 9 nitrogen and oxygen atoms in total. The summed E-state index contributed by atoms with van der Waals surface area (Å²) in [6.07, 6.45) is 1.20. The van der Waals surface area contributed by atoms with Crippen LogP contribution >= 0.6 is 0 Å². The molecule has 3 aromatic rings. The highest BCUT2D eigenvalue weighted by Gasteiger charge is 2.22. The minimum Gasteiger partial charge on any atom is -0.454 e. The summed E-state index contributed by atoms with van der Waals surface area (Å²) < 4.78 is 10.4. The Balaban J connectivity index is 1.38. The minimum absolute atomic E-state index is 0.00108. The van der Waals surface area contributed by atoms with E-state index in [1.54, 1.807) is 0 Å². The predicted octanol–water partition coefficient (Wildman–Crippen LogP) is 3.04. The lowest BCUT2D eigenvalue weighted by Crippen LogP contribution is -2.25. The second-order valence-corrected chi connectivity index (χ2v) is 6.23. The van der Waals surface area contributed by atoms with E-state index in [1.807, 2.05) is 42.5 Å². The van der Waals surface area contributed by atoms with Gasteiger partial charge in [0.25, 0.3) is 11.6 Å². The van der Waals surface area contributed by atoms with Crippen molar-refractivity contribution in [3.63, 3.8) is 0 Å². The number of nitro groups is 1. The molecule has 1 aliphatic rings. The molecule has 3 aromatic carbocycles. The molecule has 1 heterocycles. The number of nitrogens with one attached hydrogen (secondary N) is 2. The van der Waals surface area contributed by atoms with Crippen molar-refractivity contribution >= 4 is 34.3 Å². The largest absolute Gasteiger partial charge is 0.454 e. The van der Waals surface area contributed by atoms with Gasteiger partial charge in [0.15, 0.2) is 11.5 Å². The summed E-state index contributed by atoms with van der Waals surface area (Å²) in [5.74, 6) is 0.302. The van der Waals surface area contributed by atoms with Crippen LogP contribution in [-0.4, -0.2) is 30.4 Å². The molecule has 4 rings (SSSR count). The number of ether oxygens (including phenoxy) is 2. The Morgan fingerprint density at radius 3 is 2.66 bits per heavy atom. The second-order valence-electron chi connectivity index (χ2n) is 6.23. The molecular weight excluding hydrogens is 376 g/mol. The van der Waals surface area contributed by atoms with Crippen LogP contribution in [0.15, 0.2) is 59.7 Å². The fourth-order valence-electron chi connectivity index (χ4n) is 2.90. The lowest BCUT2D eigenvalue weighted by atomic mass is 10.1. The normalized spacial score (nSPS) is 12.3. The number of carbonyl (C=O) groups is 1. The van der Waals surface area contributed by atoms with Crippen molar-refractivity contribution in [3.05, 3.63) is 70.3 Å². The molecule has 0 aliphatic carbocycles. The van der Waals surface area contributed by atoms with Gasteiger partial charge in [-0.1, -0.05) is 30.3 Å². The number of anilines is 1. The van der Waals surface area contributed by atoms with Crippen molar-refractivity contribution in [2.24, 2.45) is 5.10 Å². The molecule has 0 saturated carbocycles. The van der Waals surface area contributed by atoms with E-state index in [0.717, 1.165) is 16.5 Å². The van der Waals surface area contributed by atoms with Gasteiger partial charge in [-0.3, -0.25) is 14.9 Å². The Hall–Kier alpha value is -4.14. The second kappa shape index (κ2) is 7.85. The molecule has 0 saturated heterocycles. The molecule has 0 aromatic heterocycles. The van der Waals surface area contributed by atoms with Crippen LogP contribution in [0.1, 0.15) is 5.56 Å². The average molecular weight is 392 g/mol. The van der Waals surface area contributed by atoms with Crippen LogP contribution < -0.4 is 20.2 Å². The predicted molar refractivity (Wildman–Crippen MR) is 107 cm³/mol. The number of rotatable bonds is 6. The van der Waals surface area contributed by atoms with E-state index < -0.39 is 10.8 Å². The van der Waals surface area contributed by atoms with Crippen LogP contribution in [0.4, 0.5) is 11.4 Å². The van der Waals surface area contributed by atoms with E-state index in [-0.39, 0.29) is 24.6 Å². The molecular formula is C20H16N4O5. The number of carbonyl (C=O) groups excluding carboxylic acids is 1. The van der Waals surface area contributed by atoms with E-state index in [1.165, 1.54) is 18.3 Å². The summed E-state index contributed by atoms with van der Waals surface area (Å²) in [5.41, 5.74) is 3.15. The Bertz CT molecular complexity index is 1130. The van der Waals surface area contributed by atoms with Crippen LogP contribution in [0.2, 0.25) is 0 Å². The fourth-order valence-corrected chi connectivity index (χ4v) is 2.90. The lowest BCUT2D eigenvalue weighted by molar-refractivity contribution is -0.385. The third kappa shape index (κ3) is 4.08. The van der Waals surface area contributed by atoms with Crippen molar-refractivity contribution in [3.8, 4) is 11.5 Å². The standard InChI is InChI=1S/C20H16N4O5/c25-20(11-21-16-6-5-13-3-1-2-4-14(13)7-16)23-22-10-15-8-18-19(29-12-28-18)9-17(15)24(26)27/h1-10,21H,11-12H2,(H,23,25). The summed E-state index contributed by atoms with van der Waals surface area (Å²) in [4.78, 5) is 22.7. The number of fused-ring (bicyclic) bond motifs is 2. The monoisotopic (exact) mass is 392 g/mol. The number of benzene rings is 3. The number of hydrogen-bond acceptors (Lipinski definition) is 7. The highest BCUT2D eigenvalue weighted by atomic mass is 16.7. The molecule has 0 bridgehead atoms. The topological polar surface area (TPSA) is 115 Å². The van der Waals surface area contributed by atoms with Crippen LogP contribution in [0.25, 0.3) is 10.8 Å². The number of nitro benzene ring substituents is 1. The Labute approximate surface area is 165 Å². The van der Waals surface area contributed by atoms with Gasteiger partial charge in [0.2, 0.25) is 6.79 Å². The third-order valence-corrected chi connectivity index (χ3v) is 4.31. The van der Waals surface area contributed by atoms with E-state index >= 15 is 0 Å². The Kier molecular flexibility index (Phi) is 4.93. The first kappa shape index (κ1) is 18.2. The third-order valence-electron chi connectivity index (χ3n) is 4.31. The Morgan fingerprint density at radius 1 is 1.10 bits per heavy atom. The summed E-state index contributed by atoms with van der Waals surface area (Å²) in [6.45, 7) is 0.00315. The first-order valence-electron chi connectivity index (χ1n) is 8.73. The van der Waals surface area contributed by atoms with Gasteiger partial charge in [-0.15, -0.1) is 0 Å². The summed E-state index contributed by atoms with van der Waals surface area (Å²) in [6, 6.07) is 16.4. The molecule has 2 N–H and O–H groups in total. The van der Waals surface area contributed by atoms with Crippen LogP contribution in [-0.2, 0) is 4.79 Å². The molecule has 0 atom stereocenters. The molecule has 0 spiro atoms. The summed E-state index contributed by atoms with van der Waals surface area (Å²) in [7, 11) is 0. The highest BCUT2D eigenvalue weighted by molar-refractivity contribution is 5.89. The van der Waals surface area contributed by atoms with Gasteiger partial charge in [-0.2, -0.15) is 5.10 Å². The van der Waals surface area contributed by atoms with Crippen molar-refractivity contribution in [2.75, 3.05) is 18.7 Å². The van der Waals surface area contributed by atoms with Crippen molar-refractivity contribution in [2.45, 2.75) is 0 Å². The van der Waals surface area contributed by atoms with Crippen molar-refractivity contribution in [1.82, 2.24) is 5.43 Å². The maximum Gasteiger partial charge on any atom is 0.282 e. The summed E-state index contributed by atoms with van der Waals surface area (Å²) in [5, 5.41) is 20.2. The van der Waals surface area contributed by atoms with Gasteiger partial charge >= 0.3 is 0 Å².